The lowest BCUT2D eigenvalue weighted by molar-refractivity contribution is 0.0951. The summed E-state index contributed by atoms with van der Waals surface area (Å²) >= 11 is 6.21. The monoisotopic (exact) mass is 512 g/mol. The van der Waals surface area contributed by atoms with Crippen molar-refractivity contribution in [3.8, 4) is 0 Å². The standard InChI is InChI=1S/C24H21ClN6O3.ClH/c25-19-7-6-15(22(32)28-8-2-4-14-3-1-5-17(26)9-14)11-20(19)30-23(33)18-10-16-12-27-13-29-21(16)31-24(18)34;/h1,3,5-7,9-13H,2,4,8,26H2,(H,28,32)(H,30,33)(H,27,29,31,34);1H. The van der Waals surface area contributed by atoms with E-state index in [4.69, 9.17) is 17.3 Å². The first kappa shape index (κ1) is 25.7. The number of nitrogen functional groups attached to an aromatic ring is 1. The van der Waals surface area contributed by atoms with E-state index in [2.05, 4.69) is 25.6 Å². The molecular weight excluding hydrogens is 491 g/mol. The van der Waals surface area contributed by atoms with Crippen molar-refractivity contribution in [2.75, 3.05) is 17.6 Å². The predicted molar refractivity (Wildman–Crippen MR) is 138 cm³/mol. The van der Waals surface area contributed by atoms with Gasteiger partial charge in [0.05, 0.1) is 10.7 Å². The van der Waals surface area contributed by atoms with Crippen LogP contribution >= 0.6 is 24.0 Å². The number of nitrogens with zero attached hydrogens (tertiary/aromatic N) is 2. The van der Waals surface area contributed by atoms with Crippen LogP contribution < -0.4 is 21.9 Å². The number of nitrogens with two attached hydrogens (primary N) is 1. The molecule has 0 bridgehead atoms. The third-order valence-corrected chi connectivity index (χ3v) is 5.45. The maximum atomic E-state index is 12.7. The lowest BCUT2D eigenvalue weighted by atomic mass is 10.1. The molecule has 4 rings (SSSR count). The van der Waals surface area contributed by atoms with Crippen LogP contribution in [0, 0.1) is 0 Å². The maximum absolute atomic E-state index is 12.7. The molecule has 180 valence electrons. The fourth-order valence-electron chi connectivity index (χ4n) is 3.41. The van der Waals surface area contributed by atoms with Crippen molar-refractivity contribution in [3.05, 3.63) is 93.1 Å². The van der Waals surface area contributed by atoms with Gasteiger partial charge < -0.3 is 21.4 Å². The molecule has 0 spiro atoms. The van der Waals surface area contributed by atoms with Crippen molar-refractivity contribution in [2.24, 2.45) is 0 Å². The first-order valence-electron chi connectivity index (χ1n) is 10.5. The fourth-order valence-corrected chi connectivity index (χ4v) is 3.58. The molecule has 2 heterocycles. The quantitative estimate of drug-likeness (QED) is 0.220. The Bertz CT molecular complexity index is 1440. The number of aryl methyl sites for hydroxylation is 1. The average Bonchev–Trinajstić information content (AvgIpc) is 2.82. The Morgan fingerprint density at radius 2 is 1.91 bits per heavy atom. The molecule has 0 atom stereocenters. The topological polar surface area (TPSA) is 143 Å². The Kier molecular flexibility index (Phi) is 8.40. The number of rotatable bonds is 7. The van der Waals surface area contributed by atoms with Crippen LogP contribution in [-0.4, -0.2) is 33.3 Å². The van der Waals surface area contributed by atoms with Gasteiger partial charge in [-0.05, 0) is 54.8 Å². The summed E-state index contributed by atoms with van der Waals surface area (Å²) in [4.78, 5) is 48.0. The van der Waals surface area contributed by atoms with E-state index < -0.39 is 11.5 Å². The molecule has 2 amide bonds. The van der Waals surface area contributed by atoms with Gasteiger partial charge in [-0.1, -0.05) is 23.7 Å². The van der Waals surface area contributed by atoms with Gasteiger partial charge in [0.15, 0.2) is 0 Å². The molecule has 0 aliphatic rings. The normalized spacial score (nSPS) is 10.4. The van der Waals surface area contributed by atoms with E-state index in [1.807, 2.05) is 24.3 Å². The Balaban J connectivity index is 0.00000342. The van der Waals surface area contributed by atoms with E-state index in [9.17, 15) is 14.4 Å². The third-order valence-electron chi connectivity index (χ3n) is 5.12. The first-order chi connectivity index (χ1) is 16.4. The second-order valence-corrected chi connectivity index (χ2v) is 8.00. The first-order valence-corrected chi connectivity index (χ1v) is 10.8. The Morgan fingerprint density at radius 1 is 1.09 bits per heavy atom. The average molecular weight is 513 g/mol. The number of fused-ring (bicyclic) bond motifs is 1. The lowest BCUT2D eigenvalue weighted by Crippen LogP contribution is -2.25. The van der Waals surface area contributed by atoms with E-state index in [1.54, 1.807) is 6.07 Å². The molecule has 2 aromatic heterocycles. The van der Waals surface area contributed by atoms with Crippen LogP contribution in [-0.2, 0) is 6.42 Å². The van der Waals surface area contributed by atoms with E-state index >= 15 is 0 Å². The Hall–Kier alpha value is -3.95. The molecule has 0 radical (unpaired) electrons. The Morgan fingerprint density at radius 3 is 2.71 bits per heavy atom. The van der Waals surface area contributed by atoms with E-state index in [1.165, 1.54) is 30.7 Å². The summed E-state index contributed by atoms with van der Waals surface area (Å²) in [6, 6.07) is 13.5. The number of pyridine rings is 1. The second-order valence-electron chi connectivity index (χ2n) is 7.59. The van der Waals surface area contributed by atoms with Crippen LogP contribution in [0.25, 0.3) is 11.0 Å². The SMILES string of the molecule is Cl.Nc1cccc(CCCNC(=O)c2ccc(Cl)c(NC(=O)c3cc4cncnc4[nH]c3=O)c2)c1. The van der Waals surface area contributed by atoms with E-state index in [0.717, 1.165) is 18.4 Å². The highest BCUT2D eigenvalue weighted by Crippen LogP contribution is 2.24. The molecule has 0 saturated heterocycles. The number of carbonyl (C=O) groups is 2. The van der Waals surface area contributed by atoms with Gasteiger partial charge in [-0.3, -0.25) is 14.4 Å². The number of nitrogens with one attached hydrogen (secondary N) is 3. The molecule has 0 saturated carbocycles. The van der Waals surface area contributed by atoms with Gasteiger partial charge in [-0.25, -0.2) is 9.97 Å². The summed E-state index contributed by atoms with van der Waals surface area (Å²) in [5, 5.41) is 6.18. The molecule has 2 aromatic carbocycles. The number of H-pyrrole nitrogens is 1. The van der Waals surface area contributed by atoms with Crippen LogP contribution in [0.4, 0.5) is 11.4 Å². The molecular formula is C24H22Cl2N6O3. The zero-order valence-electron chi connectivity index (χ0n) is 18.4. The Labute approximate surface area is 211 Å². The van der Waals surface area contributed by atoms with Gasteiger partial charge in [0.1, 0.15) is 17.5 Å². The van der Waals surface area contributed by atoms with Gasteiger partial charge in [0.25, 0.3) is 17.4 Å². The molecule has 5 N–H and O–H groups in total. The van der Waals surface area contributed by atoms with Crippen molar-refractivity contribution in [2.45, 2.75) is 12.8 Å². The van der Waals surface area contributed by atoms with Crippen LogP contribution in [0.2, 0.25) is 5.02 Å². The van der Waals surface area contributed by atoms with E-state index in [-0.39, 0.29) is 34.6 Å². The van der Waals surface area contributed by atoms with Crippen molar-refractivity contribution in [3.63, 3.8) is 0 Å². The molecule has 0 aliphatic carbocycles. The number of hydrogen-bond donors (Lipinski definition) is 4. The predicted octanol–water partition coefficient (Wildman–Crippen LogP) is 3.59. The van der Waals surface area contributed by atoms with Crippen LogP contribution in [0.5, 0.6) is 0 Å². The maximum Gasteiger partial charge on any atom is 0.262 e. The van der Waals surface area contributed by atoms with Crippen LogP contribution in [0.3, 0.4) is 0 Å². The number of anilines is 2. The van der Waals surface area contributed by atoms with Crippen LogP contribution in [0.15, 0.2) is 65.8 Å². The third kappa shape index (κ3) is 6.34. The van der Waals surface area contributed by atoms with Crippen molar-refractivity contribution in [1.29, 1.82) is 0 Å². The molecule has 35 heavy (non-hydrogen) atoms. The zero-order valence-corrected chi connectivity index (χ0v) is 19.9. The van der Waals surface area contributed by atoms with Crippen LogP contribution in [0.1, 0.15) is 32.7 Å². The molecule has 0 fully saturated rings. The summed E-state index contributed by atoms with van der Waals surface area (Å²) in [5.41, 5.74) is 7.71. The number of carbonyl (C=O) groups excluding carboxylic acids is 2. The van der Waals surface area contributed by atoms with Gasteiger partial charge in [0, 0.05) is 29.4 Å². The largest absolute Gasteiger partial charge is 0.399 e. The fraction of sp³-hybridized carbons (Fsp3) is 0.125. The number of aromatic amines is 1. The summed E-state index contributed by atoms with van der Waals surface area (Å²) < 4.78 is 0. The van der Waals surface area contributed by atoms with E-state index in [0.29, 0.717) is 28.8 Å². The summed E-state index contributed by atoms with van der Waals surface area (Å²) in [6.07, 6.45) is 4.30. The molecule has 4 aromatic rings. The van der Waals surface area contributed by atoms with Crippen molar-refractivity contribution >= 4 is 58.2 Å². The lowest BCUT2D eigenvalue weighted by Gasteiger charge is -2.10. The molecule has 0 unspecified atom stereocenters. The zero-order chi connectivity index (χ0) is 24.1. The summed E-state index contributed by atoms with van der Waals surface area (Å²) in [7, 11) is 0. The summed E-state index contributed by atoms with van der Waals surface area (Å²) in [5.74, 6) is -0.978. The molecule has 11 heteroatoms. The number of amides is 2. The minimum Gasteiger partial charge on any atom is -0.399 e. The van der Waals surface area contributed by atoms with Crippen molar-refractivity contribution in [1.82, 2.24) is 20.3 Å². The minimum atomic E-state index is -0.673. The minimum absolute atomic E-state index is 0. The highest BCUT2D eigenvalue weighted by molar-refractivity contribution is 6.34. The molecule has 0 aliphatic heterocycles. The van der Waals surface area contributed by atoms with Gasteiger partial charge in [0.2, 0.25) is 0 Å². The van der Waals surface area contributed by atoms with Gasteiger partial charge in [-0.2, -0.15) is 0 Å². The van der Waals surface area contributed by atoms with Gasteiger partial charge in [-0.15, -0.1) is 12.4 Å². The number of benzene rings is 2. The smallest absolute Gasteiger partial charge is 0.262 e. The molecule has 9 nitrogen and oxygen atoms in total. The second kappa shape index (κ2) is 11.5. The van der Waals surface area contributed by atoms with Gasteiger partial charge >= 0.3 is 0 Å². The number of aromatic nitrogens is 3. The summed E-state index contributed by atoms with van der Waals surface area (Å²) in [6.45, 7) is 0.465. The number of halogens is 2. The van der Waals surface area contributed by atoms with Crippen molar-refractivity contribution < 1.29 is 9.59 Å². The highest BCUT2D eigenvalue weighted by atomic mass is 35.5. The highest BCUT2D eigenvalue weighted by Gasteiger charge is 2.16. The number of hydrogen-bond acceptors (Lipinski definition) is 6.